The topological polar surface area (TPSA) is 26.3 Å². The summed E-state index contributed by atoms with van der Waals surface area (Å²) < 4.78 is 5.67. The highest BCUT2D eigenvalue weighted by atomic mass is 16.5. The minimum Gasteiger partial charge on any atom is -0.489 e. The van der Waals surface area contributed by atoms with Crippen LogP contribution in [0.4, 0.5) is 0 Å². The minimum atomic E-state index is 0.489. The highest BCUT2D eigenvalue weighted by Crippen LogP contribution is 2.16. The van der Waals surface area contributed by atoms with Gasteiger partial charge in [-0.15, -0.1) is 0 Å². The van der Waals surface area contributed by atoms with Gasteiger partial charge in [0.05, 0.1) is 0 Å². The first-order valence-electron chi connectivity index (χ1n) is 5.72. The first-order valence-corrected chi connectivity index (χ1v) is 5.72. The van der Waals surface area contributed by atoms with Crippen molar-refractivity contribution in [3.8, 4) is 5.75 Å². The van der Waals surface area contributed by atoms with Crippen molar-refractivity contribution in [2.75, 3.05) is 0 Å². The van der Waals surface area contributed by atoms with Crippen LogP contribution < -0.4 is 4.74 Å². The maximum Gasteiger partial charge on any atom is 0.150 e. The number of carbonyl (C=O) groups excluding carboxylic acids is 1. The highest BCUT2D eigenvalue weighted by molar-refractivity contribution is 5.74. The molecule has 0 atom stereocenters. The van der Waals surface area contributed by atoms with Gasteiger partial charge in [0.15, 0.2) is 0 Å². The zero-order valence-electron chi connectivity index (χ0n) is 10.0. The lowest BCUT2D eigenvalue weighted by atomic mass is 10.1. The summed E-state index contributed by atoms with van der Waals surface area (Å²) in [6, 6.07) is 15.0. The van der Waals surface area contributed by atoms with Crippen molar-refractivity contribution >= 4 is 12.4 Å². The van der Waals surface area contributed by atoms with E-state index in [0.717, 1.165) is 23.2 Å². The molecule has 18 heavy (non-hydrogen) atoms. The van der Waals surface area contributed by atoms with Gasteiger partial charge in [-0.3, -0.25) is 4.79 Å². The molecule has 0 bridgehead atoms. The Morgan fingerprint density at radius 1 is 1.06 bits per heavy atom. The predicted molar refractivity (Wildman–Crippen MR) is 72.7 cm³/mol. The number of benzene rings is 2. The van der Waals surface area contributed by atoms with Crippen molar-refractivity contribution < 1.29 is 9.53 Å². The van der Waals surface area contributed by atoms with Gasteiger partial charge in [0.2, 0.25) is 0 Å². The molecule has 0 fully saturated rings. The average Bonchev–Trinajstić information content (AvgIpc) is 2.46. The molecule has 0 N–H and O–H groups in total. The summed E-state index contributed by atoms with van der Waals surface area (Å²) in [5, 5.41) is 0. The van der Waals surface area contributed by atoms with Gasteiger partial charge in [-0.1, -0.05) is 36.9 Å². The van der Waals surface area contributed by atoms with E-state index in [4.69, 9.17) is 4.74 Å². The van der Waals surface area contributed by atoms with Crippen molar-refractivity contribution in [1.82, 2.24) is 0 Å². The minimum absolute atomic E-state index is 0.489. The van der Waals surface area contributed by atoms with Crippen molar-refractivity contribution in [2.45, 2.75) is 6.61 Å². The predicted octanol–water partition coefficient (Wildman–Crippen LogP) is 3.72. The first kappa shape index (κ1) is 12.1. The average molecular weight is 238 g/mol. The van der Waals surface area contributed by atoms with E-state index in [1.54, 1.807) is 24.3 Å². The Morgan fingerprint density at radius 3 is 2.44 bits per heavy atom. The summed E-state index contributed by atoms with van der Waals surface area (Å²) >= 11 is 0. The smallest absolute Gasteiger partial charge is 0.150 e. The van der Waals surface area contributed by atoms with Gasteiger partial charge in [-0.25, -0.2) is 0 Å². The van der Waals surface area contributed by atoms with E-state index in [1.165, 1.54) is 0 Å². The third kappa shape index (κ3) is 2.86. The van der Waals surface area contributed by atoms with Crippen molar-refractivity contribution in [3.63, 3.8) is 0 Å². The van der Waals surface area contributed by atoms with E-state index in [2.05, 4.69) is 6.58 Å². The second kappa shape index (κ2) is 5.82. The van der Waals surface area contributed by atoms with Gasteiger partial charge < -0.3 is 4.74 Å². The number of aldehydes is 1. The molecule has 0 spiro atoms. The van der Waals surface area contributed by atoms with E-state index in [9.17, 15) is 4.79 Å². The third-order valence-corrected chi connectivity index (χ3v) is 2.69. The van der Waals surface area contributed by atoms with Crippen LogP contribution in [0.25, 0.3) is 6.08 Å². The van der Waals surface area contributed by atoms with Crippen molar-refractivity contribution in [2.24, 2.45) is 0 Å². The van der Waals surface area contributed by atoms with E-state index < -0.39 is 0 Å². The quantitative estimate of drug-likeness (QED) is 0.742. The van der Waals surface area contributed by atoms with Crippen molar-refractivity contribution in [3.05, 3.63) is 71.8 Å². The van der Waals surface area contributed by atoms with Crippen molar-refractivity contribution in [1.29, 1.82) is 0 Å². The van der Waals surface area contributed by atoms with Crippen LogP contribution in [0.3, 0.4) is 0 Å². The zero-order chi connectivity index (χ0) is 12.8. The van der Waals surface area contributed by atoms with Crippen LogP contribution in [0.1, 0.15) is 21.5 Å². The summed E-state index contributed by atoms with van der Waals surface area (Å²) in [5.74, 6) is 0.750. The molecule has 0 aliphatic carbocycles. The molecule has 2 rings (SSSR count). The number of hydrogen-bond donors (Lipinski definition) is 0. The van der Waals surface area contributed by atoms with Gasteiger partial charge in [0.25, 0.3) is 0 Å². The van der Waals surface area contributed by atoms with Crippen LogP contribution in [0.2, 0.25) is 0 Å². The second-order valence-corrected chi connectivity index (χ2v) is 3.88. The van der Waals surface area contributed by atoms with Crippen LogP contribution >= 0.6 is 0 Å². The Labute approximate surface area is 107 Å². The Hall–Kier alpha value is -2.35. The molecule has 90 valence electrons. The molecular formula is C16H14O2. The Balaban J connectivity index is 2.06. The molecule has 2 heteroatoms. The number of rotatable bonds is 5. The molecule has 0 aliphatic rings. The third-order valence-electron chi connectivity index (χ3n) is 2.69. The fourth-order valence-electron chi connectivity index (χ4n) is 1.67. The van der Waals surface area contributed by atoms with E-state index in [0.29, 0.717) is 12.2 Å². The lowest BCUT2D eigenvalue weighted by molar-refractivity contribution is 0.112. The second-order valence-electron chi connectivity index (χ2n) is 3.88. The van der Waals surface area contributed by atoms with Crippen LogP contribution in [-0.4, -0.2) is 6.29 Å². The van der Waals surface area contributed by atoms with E-state index >= 15 is 0 Å². The molecule has 0 aliphatic heterocycles. The van der Waals surface area contributed by atoms with Crippen LogP contribution in [0.5, 0.6) is 5.75 Å². The SMILES string of the molecule is C=Cc1ccccc1COc1ccc(C=O)cc1. The van der Waals surface area contributed by atoms with Crippen LogP contribution in [-0.2, 0) is 6.61 Å². The van der Waals surface area contributed by atoms with Gasteiger partial charge >= 0.3 is 0 Å². The van der Waals surface area contributed by atoms with Gasteiger partial charge in [0.1, 0.15) is 18.6 Å². The Bertz CT molecular complexity index is 541. The largest absolute Gasteiger partial charge is 0.489 e. The Kier molecular flexibility index (Phi) is 3.92. The molecule has 0 heterocycles. The molecule has 2 nitrogen and oxygen atoms in total. The molecule has 0 amide bonds. The van der Waals surface area contributed by atoms with E-state index in [1.807, 2.05) is 30.3 Å². The first-order chi connectivity index (χ1) is 8.83. The van der Waals surface area contributed by atoms with Gasteiger partial charge in [0, 0.05) is 5.56 Å². The maximum atomic E-state index is 10.5. The van der Waals surface area contributed by atoms with Crippen LogP contribution in [0.15, 0.2) is 55.1 Å². The van der Waals surface area contributed by atoms with Crippen LogP contribution in [0, 0.1) is 0 Å². The highest BCUT2D eigenvalue weighted by Gasteiger charge is 2.00. The zero-order valence-corrected chi connectivity index (χ0v) is 10.0. The molecule has 2 aromatic rings. The fraction of sp³-hybridized carbons (Fsp3) is 0.0625. The molecule has 2 aromatic carbocycles. The normalized spacial score (nSPS) is 9.78. The van der Waals surface area contributed by atoms with Gasteiger partial charge in [-0.2, -0.15) is 0 Å². The lowest BCUT2D eigenvalue weighted by Gasteiger charge is -2.08. The fourth-order valence-corrected chi connectivity index (χ4v) is 1.67. The molecule has 0 radical (unpaired) electrons. The summed E-state index contributed by atoms with van der Waals surface area (Å²) in [7, 11) is 0. The molecule has 0 saturated heterocycles. The summed E-state index contributed by atoms with van der Waals surface area (Å²) in [5.41, 5.74) is 2.81. The standard InChI is InChI=1S/C16H14O2/c1-2-14-5-3-4-6-15(14)12-18-16-9-7-13(11-17)8-10-16/h2-11H,1,12H2. The summed E-state index contributed by atoms with van der Waals surface area (Å²) in [6.45, 7) is 4.26. The molecular weight excluding hydrogens is 224 g/mol. The lowest BCUT2D eigenvalue weighted by Crippen LogP contribution is -1.97. The summed E-state index contributed by atoms with van der Waals surface area (Å²) in [6.07, 6.45) is 2.63. The Morgan fingerprint density at radius 2 is 1.78 bits per heavy atom. The number of carbonyl (C=O) groups is 1. The maximum absolute atomic E-state index is 10.5. The van der Waals surface area contributed by atoms with Gasteiger partial charge in [-0.05, 0) is 35.4 Å². The number of ether oxygens (including phenoxy) is 1. The summed E-state index contributed by atoms with van der Waals surface area (Å²) in [4.78, 5) is 10.5. The molecule has 0 unspecified atom stereocenters. The molecule has 0 aromatic heterocycles. The number of hydrogen-bond acceptors (Lipinski definition) is 2. The van der Waals surface area contributed by atoms with E-state index in [-0.39, 0.29) is 0 Å². The molecule has 0 saturated carbocycles. The monoisotopic (exact) mass is 238 g/mol.